The van der Waals surface area contributed by atoms with E-state index in [1.165, 1.54) is 12.5 Å². The van der Waals surface area contributed by atoms with Crippen LogP contribution >= 0.6 is 0 Å². The maximum Gasteiger partial charge on any atom is 0.273 e. The molecule has 0 amide bonds. The molecule has 6 heteroatoms. The Labute approximate surface area is 112 Å². The highest BCUT2D eigenvalue weighted by Crippen LogP contribution is 2.35. The zero-order chi connectivity index (χ0) is 13.9. The fourth-order valence-corrected chi connectivity index (χ4v) is 2.25. The van der Waals surface area contributed by atoms with Crippen molar-refractivity contribution in [1.29, 1.82) is 0 Å². The van der Waals surface area contributed by atoms with Crippen molar-refractivity contribution in [2.45, 2.75) is 24.9 Å². The Hall–Kier alpha value is -1.82. The highest BCUT2D eigenvalue weighted by atomic mass is 16.6. The molecule has 0 spiro atoms. The Morgan fingerprint density at radius 3 is 2.53 bits per heavy atom. The molecule has 104 valence electrons. The Morgan fingerprint density at radius 2 is 2.05 bits per heavy atom. The SMILES string of the molecule is CNc1cc(NCC2(OC)CCC2)cc([N+](=O)[O-])c1. The highest BCUT2D eigenvalue weighted by Gasteiger charge is 2.36. The number of hydrogen-bond acceptors (Lipinski definition) is 5. The van der Waals surface area contributed by atoms with Gasteiger partial charge in [0.05, 0.1) is 10.5 Å². The van der Waals surface area contributed by atoms with Gasteiger partial charge < -0.3 is 15.4 Å². The van der Waals surface area contributed by atoms with Crippen LogP contribution in [0.15, 0.2) is 18.2 Å². The minimum absolute atomic E-state index is 0.0782. The van der Waals surface area contributed by atoms with E-state index in [4.69, 9.17) is 4.74 Å². The summed E-state index contributed by atoms with van der Waals surface area (Å²) in [4.78, 5) is 10.5. The smallest absolute Gasteiger partial charge is 0.273 e. The zero-order valence-corrected chi connectivity index (χ0v) is 11.2. The van der Waals surface area contributed by atoms with Crippen molar-refractivity contribution < 1.29 is 9.66 Å². The quantitative estimate of drug-likeness (QED) is 0.610. The number of non-ortho nitro benzene ring substituents is 1. The molecule has 0 aliphatic heterocycles. The third-order valence-corrected chi connectivity index (χ3v) is 3.73. The molecule has 1 aliphatic carbocycles. The molecule has 2 rings (SSSR count). The number of rotatable bonds is 6. The van der Waals surface area contributed by atoms with Gasteiger partial charge in [-0.3, -0.25) is 10.1 Å². The van der Waals surface area contributed by atoms with Gasteiger partial charge in [-0.05, 0) is 25.3 Å². The van der Waals surface area contributed by atoms with Gasteiger partial charge in [0.2, 0.25) is 0 Å². The van der Waals surface area contributed by atoms with Gasteiger partial charge in [-0.1, -0.05) is 0 Å². The standard InChI is InChI=1S/C13H19N3O3/c1-14-10-6-11(8-12(7-10)16(17)18)15-9-13(19-2)4-3-5-13/h6-8,14-15H,3-5,9H2,1-2H3. The number of ether oxygens (including phenoxy) is 1. The van der Waals surface area contributed by atoms with Gasteiger partial charge >= 0.3 is 0 Å². The van der Waals surface area contributed by atoms with E-state index < -0.39 is 0 Å². The van der Waals surface area contributed by atoms with E-state index in [1.807, 2.05) is 6.07 Å². The molecule has 0 aromatic heterocycles. The summed E-state index contributed by atoms with van der Waals surface area (Å²) >= 11 is 0. The molecule has 0 bridgehead atoms. The molecular formula is C13H19N3O3. The molecule has 1 saturated carbocycles. The van der Waals surface area contributed by atoms with Crippen LogP contribution in [0.2, 0.25) is 0 Å². The van der Waals surface area contributed by atoms with Crippen LogP contribution in [-0.2, 0) is 4.74 Å². The highest BCUT2D eigenvalue weighted by molar-refractivity contribution is 5.63. The van der Waals surface area contributed by atoms with Gasteiger partial charge in [0.15, 0.2) is 0 Å². The third kappa shape index (κ3) is 2.96. The van der Waals surface area contributed by atoms with E-state index in [1.54, 1.807) is 20.2 Å². The Kier molecular flexibility index (Phi) is 3.90. The summed E-state index contributed by atoms with van der Waals surface area (Å²) in [5.41, 5.74) is 1.43. The molecule has 1 aromatic carbocycles. The van der Waals surface area contributed by atoms with Crippen molar-refractivity contribution in [3.8, 4) is 0 Å². The predicted molar refractivity (Wildman–Crippen MR) is 74.7 cm³/mol. The zero-order valence-electron chi connectivity index (χ0n) is 11.2. The molecule has 1 aliphatic rings. The predicted octanol–water partition coefficient (Wildman–Crippen LogP) is 2.62. The molecule has 19 heavy (non-hydrogen) atoms. The van der Waals surface area contributed by atoms with Gasteiger partial charge in [-0.2, -0.15) is 0 Å². The molecule has 1 fully saturated rings. The summed E-state index contributed by atoms with van der Waals surface area (Å²) in [6, 6.07) is 4.92. The molecule has 0 unspecified atom stereocenters. The van der Waals surface area contributed by atoms with Gasteiger partial charge in [-0.15, -0.1) is 0 Å². The van der Waals surface area contributed by atoms with E-state index in [-0.39, 0.29) is 16.2 Å². The lowest BCUT2D eigenvalue weighted by molar-refractivity contribution is -0.384. The molecule has 0 saturated heterocycles. The second kappa shape index (κ2) is 5.44. The van der Waals surface area contributed by atoms with E-state index in [0.29, 0.717) is 6.54 Å². The molecule has 0 radical (unpaired) electrons. The van der Waals surface area contributed by atoms with Crippen molar-refractivity contribution >= 4 is 17.1 Å². The Bertz CT molecular complexity index is 467. The number of anilines is 2. The van der Waals surface area contributed by atoms with Crippen LogP contribution in [0.5, 0.6) is 0 Å². The van der Waals surface area contributed by atoms with Crippen LogP contribution in [0.25, 0.3) is 0 Å². The minimum Gasteiger partial charge on any atom is -0.388 e. The van der Waals surface area contributed by atoms with Crippen LogP contribution in [0.1, 0.15) is 19.3 Å². The number of nitro benzene ring substituents is 1. The first-order valence-corrected chi connectivity index (χ1v) is 6.35. The summed E-state index contributed by atoms with van der Waals surface area (Å²) in [5.74, 6) is 0. The summed E-state index contributed by atoms with van der Waals surface area (Å²) < 4.78 is 5.52. The van der Waals surface area contributed by atoms with Crippen LogP contribution in [-0.4, -0.2) is 31.2 Å². The number of nitro groups is 1. The van der Waals surface area contributed by atoms with Gasteiger partial charge in [-0.25, -0.2) is 0 Å². The molecule has 0 atom stereocenters. The average molecular weight is 265 g/mol. The van der Waals surface area contributed by atoms with Crippen molar-refractivity contribution in [2.24, 2.45) is 0 Å². The van der Waals surface area contributed by atoms with Crippen molar-refractivity contribution in [3.05, 3.63) is 28.3 Å². The lowest BCUT2D eigenvalue weighted by Gasteiger charge is -2.40. The average Bonchev–Trinajstić information content (AvgIpc) is 2.37. The minimum atomic E-state index is -0.387. The number of nitrogens with zero attached hydrogens (tertiary/aromatic N) is 1. The van der Waals surface area contributed by atoms with Crippen LogP contribution in [0.3, 0.4) is 0 Å². The number of nitrogens with one attached hydrogen (secondary N) is 2. The molecule has 1 aromatic rings. The number of methoxy groups -OCH3 is 1. The van der Waals surface area contributed by atoms with E-state index in [2.05, 4.69) is 10.6 Å². The first-order valence-electron chi connectivity index (χ1n) is 6.35. The summed E-state index contributed by atoms with van der Waals surface area (Å²) in [5, 5.41) is 17.0. The molecule has 0 heterocycles. The Balaban J connectivity index is 2.11. The molecular weight excluding hydrogens is 246 g/mol. The second-order valence-electron chi connectivity index (χ2n) is 4.87. The van der Waals surface area contributed by atoms with Crippen LogP contribution in [0, 0.1) is 10.1 Å². The third-order valence-electron chi connectivity index (χ3n) is 3.73. The summed E-state index contributed by atoms with van der Waals surface area (Å²) in [6.07, 6.45) is 3.24. The summed E-state index contributed by atoms with van der Waals surface area (Å²) in [6.45, 7) is 0.674. The first-order chi connectivity index (χ1) is 9.08. The fraction of sp³-hybridized carbons (Fsp3) is 0.538. The number of benzene rings is 1. The maximum atomic E-state index is 10.9. The topological polar surface area (TPSA) is 76.4 Å². The summed E-state index contributed by atoms with van der Waals surface area (Å²) in [7, 11) is 3.46. The fourth-order valence-electron chi connectivity index (χ4n) is 2.25. The van der Waals surface area contributed by atoms with E-state index >= 15 is 0 Å². The largest absolute Gasteiger partial charge is 0.388 e. The van der Waals surface area contributed by atoms with E-state index in [0.717, 1.165) is 24.2 Å². The lowest BCUT2D eigenvalue weighted by Crippen LogP contribution is -2.45. The molecule has 6 nitrogen and oxygen atoms in total. The van der Waals surface area contributed by atoms with Crippen molar-refractivity contribution in [1.82, 2.24) is 0 Å². The van der Waals surface area contributed by atoms with E-state index in [9.17, 15) is 10.1 Å². The Morgan fingerprint density at radius 1 is 1.37 bits per heavy atom. The maximum absolute atomic E-state index is 10.9. The van der Waals surface area contributed by atoms with Crippen molar-refractivity contribution in [2.75, 3.05) is 31.3 Å². The first kappa shape index (κ1) is 13.6. The lowest BCUT2D eigenvalue weighted by atomic mass is 9.80. The second-order valence-corrected chi connectivity index (χ2v) is 4.87. The van der Waals surface area contributed by atoms with Crippen LogP contribution < -0.4 is 10.6 Å². The number of hydrogen-bond donors (Lipinski definition) is 2. The van der Waals surface area contributed by atoms with Gasteiger partial charge in [0, 0.05) is 44.2 Å². The van der Waals surface area contributed by atoms with Crippen LogP contribution in [0.4, 0.5) is 17.1 Å². The monoisotopic (exact) mass is 265 g/mol. The van der Waals surface area contributed by atoms with Gasteiger partial charge in [0.1, 0.15) is 0 Å². The normalized spacial score (nSPS) is 16.5. The van der Waals surface area contributed by atoms with Crippen molar-refractivity contribution in [3.63, 3.8) is 0 Å². The molecule has 2 N–H and O–H groups in total. The van der Waals surface area contributed by atoms with Gasteiger partial charge in [0.25, 0.3) is 5.69 Å².